The molecule has 170 valence electrons. The zero-order chi connectivity index (χ0) is 22.6. The fourth-order valence-electron chi connectivity index (χ4n) is 3.51. The van der Waals surface area contributed by atoms with E-state index in [9.17, 15) is 19.5 Å². The van der Waals surface area contributed by atoms with Gasteiger partial charge in [0.15, 0.2) is 6.10 Å². The van der Waals surface area contributed by atoms with E-state index in [0.29, 0.717) is 37.6 Å². The lowest BCUT2D eigenvalue weighted by atomic mass is 10.1. The summed E-state index contributed by atoms with van der Waals surface area (Å²) in [5.74, 6) is -1.24. The maximum absolute atomic E-state index is 12.9. The molecule has 1 N–H and O–H groups in total. The zero-order valence-corrected chi connectivity index (χ0v) is 18.2. The van der Waals surface area contributed by atoms with E-state index in [-0.39, 0.29) is 31.4 Å². The molecule has 1 aromatic rings. The molecule has 2 saturated heterocycles. The Kier molecular flexibility index (Phi) is 7.30. The first kappa shape index (κ1) is 23.2. The first-order valence-corrected chi connectivity index (χ1v) is 10.5. The molecular weight excluding hydrogens is 404 g/mol. The van der Waals surface area contributed by atoms with Gasteiger partial charge in [0, 0.05) is 30.9 Å². The number of carbonyl (C=O) groups is 3. The third-order valence-electron chi connectivity index (χ3n) is 5.03. The highest BCUT2D eigenvalue weighted by atomic mass is 16.6. The van der Waals surface area contributed by atoms with Crippen LogP contribution < -0.4 is 4.90 Å². The second kappa shape index (κ2) is 9.76. The third kappa shape index (κ3) is 6.03. The lowest BCUT2D eigenvalue weighted by molar-refractivity contribution is -0.173. The Morgan fingerprint density at radius 2 is 1.87 bits per heavy atom. The number of hydrogen-bond acceptors (Lipinski definition) is 7. The summed E-state index contributed by atoms with van der Waals surface area (Å²) in [5.41, 5.74) is 0.301. The molecule has 3 rings (SSSR count). The van der Waals surface area contributed by atoms with Crippen molar-refractivity contribution in [1.29, 1.82) is 0 Å². The molecule has 0 radical (unpaired) electrons. The molecule has 9 heteroatoms. The molecule has 2 unspecified atom stereocenters. The molecule has 9 nitrogen and oxygen atoms in total. The number of amides is 2. The fraction of sp³-hybridized carbons (Fsp3) is 0.591. The van der Waals surface area contributed by atoms with Crippen LogP contribution in [0.4, 0.5) is 5.69 Å². The summed E-state index contributed by atoms with van der Waals surface area (Å²) in [4.78, 5) is 41.1. The van der Waals surface area contributed by atoms with Gasteiger partial charge in [-0.1, -0.05) is 6.07 Å². The van der Waals surface area contributed by atoms with Crippen LogP contribution in [-0.4, -0.2) is 85.1 Å². The van der Waals surface area contributed by atoms with Gasteiger partial charge in [0.2, 0.25) is 5.91 Å². The summed E-state index contributed by atoms with van der Waals surface area (Å²) < 4.78 is 16.1. The monoisotopic (exact) mass is 434 g/mol. The summed E-state index contributed by atoms with van der Waals surface area (Å²) in [6, 6.07) is 6.88. The topological polar surface area (TPSA) is 106 Å². The minimum atomic E-state index is -1.56. The van der Waals surface area contributed by atoms with Gasteiger partial charge in [-0.3, -0.25) is 9.59 Å². The Hall–Kier alpha value is -2.49. The van der Waals surface area contributed by atoms with E-state index in [1.807, 2.05) is 0 Å². The van der Waals surface area contributed by atoms with Gasteiger partial charge in [0.05, 0.1) is 26.2 Å². The lowest BCUT2D eigenvalue weighted by Gasteiger charge is -2.27. The van der Waals surface area contributed by atoms with Crippen LogP contribution >= 0.6 is 0 Å². The number of anilines is 1. The highest BCUT2D eigenvalue weighted by Gasteiger charge is 2.36. The molecule has 1 aromatic carbocycles. The summed E-state index contributed by atoms with van der Waals surface area (Å²) in [6.07, 6.45) is -2.73. The number of aliphatic hydroxyl groups is 1. The van der Waals surface area contributed by atoms with E-state index in [2.05, 4.69) is 0 Å². The number of esters is 1. The average molecular weight is 434 g/mol. The predicted molar refractivity (Wildman–Crippen MR) is 112 cm³/mol. The Morgan fingerprint density at radius 1 is 1.16 bits per heavy atom. The van der Waals surface area contributed by atoms with Crippen molar-refractivity contribution in [2.45, 2.75) is 45.0 Å². The van der Waals surface area contributed by atoms with Crippen molar-refractivity contribution < 1.29 is 33.7 Å². The number of benzene rings is 1. The minimum Gasteiger partial charge on any atom is -0.458 e. The van der Waals surface area contributed by atoms with Crippen LogP contribution in [0.3, 0.4) is 0 Å². The molecule has 0 aromatic heterocycles. The molecule has 0 bridgehead atoms. The van der Waals surface area contributed by atoms with Gasteiger partial charge in [-0.05, 0) is 39.0 Å². The first-order valence-electron chi connectivity index (χ1n) is 10.5. The maximum Gasteiger partial charge on any atom is 0.338 e. The molecule has 0 spiro atoms. The lowest BCUT2D eigenvalue weighted by Crippen LogP contribution is -2.42. The number of nitrogens with zero attached hydrogens (tertiary/aromatic N) is 2. The molecule has 2 fully saturated rings. The van der Waals surface area contributed by atoms with Crippen LogP contribution in [0.5, 0.6) is 0 Å². The molecule has 31 heavy (non-hydrogen) atoms. The quantitative estimate of drug-likeness (QED) is 0.705. The highest BCUT2D eigenvalue weighted by molar-refractivity contribution is 5.98. The molecule has 2 aliphatic heterocycles. The fourth-order valence-corrected chi connectivity index (χ4v) is 3.51. The Morgan fingerprint density at radius 3 is 2.55 bits per heavy atom. The molecule has 0 aliphatic carbocycles. The number of rotatable bonds is 4. The van der Waals surface area contributed by atoms with Crippen molar-refractivity contribution in [2.24, 2.45) is 0 Å². The van der Waals surface area contributed by atoms with Crippen LogP contribution in [0.25, 0.3) is 0 Å². The number of ether oxygens (including phenoxy) is 3. The normalized spacial score (nSPS) is 21.4. The highest BCUT2D eigenvalue weighted by Crippen LogP contribution is 2.23. The zero-order valence-electron chi connectivity index (χ0n) is 18.2. The van der Waals surface area contributed by atoms with Crippen molar-refractivity contribution in [2.75, 3.05) is 44.4 Å². The van der Waals surface area contributed by atoms with Gasteiger partial charge in [-0.2, -0.15) is 0 Å². The molecule has 0 saturated carbocycles. The van der Waals surface area contributed by atoms with Crippen molar-refractivity contribution in [1.82, 2.24) is 4.90 Å². The van der Waals surface area contributed by atoms with E-state index in [1.165, 1.54) is 4.90 Å². The van der Waals surface area contributed by atoms with Gasteiger partial charge in [-0.15, -0.1) is 0 Å². The van der Waals surface area contributed by atoms with Gasteiger partial charge in [0.25, 0.3) is 5.91 Å². The van der Waals surface area contributed by atoms with Gasteiger partial charge in [-0.25, -0.2) is 4.79 Å². The molecule has 2 heterocycles. The number of hydrogen-bond donors (Lipinski definition) is 1. The smallest absolute Gasteiger partial charge is 0.338 e. The van der Waals surface area contributed by atoms with E-state index < -0.39 is 23.8 Å². The van der Waals surface area contributed by atoms with Crippen LogP contribution in [0, 0.1) is 0 Å². The average Bonchev–Trinajstić information content (AvgIpc) is 2.93. The summed E-state index contributed by atoms with van der Waals surface area (Å²) in [7, 11) is 0. The van der Waals surface area contributed by atoms with Crippen LogP contribution in [0.15, 0.2) is 24.3 Å². The van der Waals surface area contributed by atoms with Crippen molar-refractivity contribution in [3.8, 4) is 0 Å². The largest absolute Gasteiger partial charge is 0.458 e. The van der Waals surface area contributed by atoms with E-state index >= 15 is 0 Å². The maximum atomic E-state index is 12.9. The number of aliphatic hydroxyl groups excluding tert-OH is 1. The Bertz CT molecular complexity index is 814. The Labute approximate surface area is 181 Å². The minimum absolute atomic E-state index is 0.109. The number of morpholine rings is 1. The van der Waals surface area contributed by atoms with Crippen molar-refractivity contribution in [3.63, 3.8) is 0 Å². The van der Waals surface area contributed by atoms with Gasteiger partial charge < -0.3 is 29.1 Å². The SMILES string of the molecule is CC(C)(C)OC(=O)C(O)C1CC(=O)N(c2cccc(C(=O)N3CCOCC3)c2)CCO1. The summed E-state index contributed by atoms with van der Waals surface area (Å²) >= 11 is 0. The predicted octanol–water partition coefficient (Wildman–Crippen LogP) is 0.984. The third-order valence-corrected chi connectivity index (χ3v) is 5.03. The summed E-state index contributed by atoms with van der Waals surface area (Å²) in [6.45, 7) is 7.55. The van der Waals surface area contributed by atoms with Crippen molar-refractivity contribution >= 4 is 23.5 Å². The van der Waals surface area contributed by atoms with Crippen LogP contribution in [0.2, 0.25) is 0 Å². The molecular formula is C22H30N2O7. The van der Waals surface area contributed by atoms with E-state index in [1.54, 1.807) is 49.9 Å². The molecule has 2 atom stereocenters. The second-order valence-corrected chi connectivity index (χ2v) is 8.59. The van der Waals surface area contributed by atoms with Crippen LogP contribution in [-0.2, 0) is 23.8 Å². The summed E-state index contributed by atoms with van der Waals surface area (Å²) in [5, 5.41) is 10.3. The standard InChI is InChI=1S/C22H30N2O7/c1-22(2,3)31-21(28)19(26)17-14-18(25)24(9-12-30-17)16-6-4-5-15(13-16)20(27)23-7-10-29-11-8-23/h4-6,13,17,19,26H,7-12,14H2,1-3H3. The first-order chi connectivity index (χ1) is 14.7. The second-order valence-electron chi connectivity index (χ2n) is 8.59. The van der Waals surface area contributed by atoms with Gasteiger partial charge in [0.1, 0.15) is 11.7 Å². The Balaban J connectivity index is 1.69. The molecule has 2 aliphatic rings. The number of carbonyl (C=O) groups excluding carboxylic acids is 3. The van der Waals surface area contributed by atoms with E-state index in [0.717, 1.165) is 0 Å². The van der Waals surface area contributed by atoms with Gasteiger partial charge >= 0.3 is 5.97 Å². The van der Waals surface area contributed by atoms with Crippen molar-refractivity contribution in [3.05, 3.63) is 29.8 Å². The molecule has 2 amide bonds. The van der Waals surface area contributed by atoms with E-state index in [4.69, 9.17) is 14.2 Å². The van der Waals surface area contributed by atoms with Crippen LogP contribution in [0.1, 0.15) is 37.6 Å².